The van der Waals surface area contributed by atoms with Crippen LogP contribution in [0, 0.1) is 0 Å². The molecule has 360 valence electrons. The number of benzene rings is 11. The van der Waals surface area contributed by atoms with Gasteiger partial charge in [0.1, 0.15) is 0 Å². The summed E-state index contributed by atoms with van der Waals surface area (Å²) in [5.41, 5.74) is 26.2. The quantitative estimate of drug-likeness (QED) is 0.149. The average molecular weight is 1030 g/mol. The van der Waals surface area contributed by atoms with Crippen molar-refractivity contribution in [1.29, 1.82) is 0 Å². The van der Waals surface area contributed by atoms with E-state index in [1.807, 2.05) is 6.07 Å². The molecule has 0 radical (unpaired) electrons. The van der Waals surface area contributed by atoms with E-state index in [2.05, 4.69) is 266 Å². The fourth-order valence-corrected chi connectivity index (χ4v) is 12.2. The fraction of sp³-hybridized carbons (Fsp3) is 0.0704. The molecule has 11 aromatic rings. The van der Waals surface area contributed by atoms with Gasteiger partial charge in [-0.2, -0.15) is 0 Å². The van der Waals surface area contributed by atoms with Crippen LogP contribution in [0.25, 0.3) is 66.8 Å². The maximum Gasteiger partial charge on any atom is 0.488 e. The van der Waals surface area contributed by atoms with Crippen LogP contribution >= 0.6 is 15.9 Å². The lowest BCUT2D eigenvalue weighted by molar-refractivity contribution is 0.426. The molecule has 2 nitrogen and oxygen atoms in total. The largest absolute Gasteiger partial charge is 0.488 e. The molecule has 0 amide bonds. The Morgan fingerprint density at radius 2 is 0.667 bits per heavy atom. The number of rotatable bonds is 8. The number of halogens is 1. The predicted octanol–water partition coefficient (Wildman–Crippen LogP) is 17.1. The summed E-state index contributed by atoms with van der Waals surface area (Å²) >= 11 is 3.77. The lowest BCUT2D eigenvalue weighted by Crippen LogP contribution is -2.29. The van der Waals surface area contributed by atoms with E-state index in [-0.39, 0.29) is 17.3 Å². The lowest BCUT2D eigenvalue weighted by atomic mass is 9.66. The first-order valence-corrected chi connectivity index (χ1v) is 26.6. The summed E-state index contributed by atoms with van der Waals surface area (Å²) in [5, 5.41) is 17.2. The molecule has 0 spiro atoms. The van der Waals surface area contributed by atoms with Crippen LogP contribution in [0.15, 0.2) is 271 Å². The first-order valence-electron chi connectivity index (χ1n) is 25.8. The van der Waals surface area contributed by atoms with Crippen molar-refractivity contribution in [3.63, 3.8) is 0 Å². The van der Waals surface area contributed by atoms with Gasteiger partial charge in [-0.3, -0.25) is 0 Å². The van der Waals surface area contributed by atoms with Crippen LogP contribution in [0.4, 0.5) is 0 Å². The number of hydrogen-bond acceptors (Lipinski definition) is 2. The van der Waals surface area contributed by atoms with Gasteiger partial charge in [-0.15, -0.1) is 0 Å². The highest BCUT2D eigenvalue weighted by Crippen LogP contribution is 2.54. The smallest absolute Gasteiger partial charge is 0.423 e. The third-order valence-corrected chi connectivity index (χ3v) is 16.0. The first-order chi connectivity index (χ1) is 36.7. The maximum atomic E-state index is 8.58. The Kier molecular flexibility index (Phi) is 13.0. The van der Waals surface area contributed by atoms with Gasteiger partial charge in [0.2, 0.25) is 0 Å². The van der Waals surface area contributed by atoms with E-state index >= 15 is 0 Å². The molecule has 4 heteroatoms. The van der Waals surface area contributed by atoms with E-state index in [0.717, 1.165) is 4.47 Å². The summed E-state index contributed by atoms with van der Waals surface area (Å²) in [6.45, 7) is 4.74. The minimum absolute atomic E-state index is 0.00203. The van der Waals surface area contributed by atoms with Crippen molar-refractivity contribution in [2.75, 3.05) is 0 Å². The van der Waals surface area contributed by atoms with E-state index in [1.165, 1.54) is 111 Å². The Labute approximate surface area is 449 Å². The van der Waals surface area contributed by atoms with Gasteiger partial charge in [-0.05, 0) is 141 Å². The predicted molar refractivity (Wildman–Crippen MR) is 316 cm³/mol. The Hall–Kier alpha value is -8.12. The molecule has 11 aromatic carbocycles. The maximum absolute atomic E-state index is 8.58. The number of hydrogen-bond donors (Lipinski definition) is 2. The molecule has 0 aromatic heterocycles. The zero-order valence-electron chi connectivity index (χ0n) is 41.9. The van der Waals surface area contributed by atoms with Gasteiger partial charge in [0, 0.05) is 21.7 Å². The molecule has 2 N–H and O–H groups in total. The summed E-state index contributed by atoms with van der Waals surface area (Å²) in [5.74, 6) is 0.0258. The minimum Gasteiger partial charge on any atom is -0.423 e. The van der Waals surface area contributed by atoms with Crippen molar-refractivity contribution >= 4 is 28.5 Å². The molecule has 2 aliphatic rings. The van der Waals surface area contributed by atoms with Crippen molar-refractivity contribution in [1.82, 2.24) is 0 Å². The van der Waals surface area contributed by atoms with Crippen LogP contribution in [0.1, 0.15) is 70.2 Å². The minimum atomic E-state index is -1.34. The van der Waals surface area contributed by atoms with Crippen LogP contribution in [0.2, 0.25) is 0 Å². The third kappa shape index (κ3) is 9.10. The monoisotopic (exact) mass is 1030 g/mol. The molecule has 75 heavy (non-hydrogen) atoms. The van der Waals surface area contributed by atoms with E-state index in [9.17, 15) is 0 Å². The zero-order chi connectivity index (χ0) is 51.0. The molecule has 2 aliphatic carbocycles. The van der Waals surface area contributed by atoms with Crippen molar-refractivity contribution in [3.05, 3.63) is 316 Å². The van der Waals surface area contributed by atoms with Gasteiger partial charge in [0.25, 0.3) is 0 Å². The molecule has 13 rings (SSSR count). The molecular formula is C71H54BBrO2. The van der Waals surface area contributed by atoms with Gasteiger partial charge in [-0.25, -0.2) is 0 Å². The topological polar surface area (TPSA) is 40.5 Å². The Morgan fingerprint density at radius 1 is 0.307 bits per heavy atom. The summed E-state index contributed by atoms with van der Waals surface area (Å²) < 4.78 is 1.12. The summed E-state index contributed by atoms with van der Waals surface area (Å²) in [7, 11) is -1.34. The molecule has 2 atom stereocenters. The van der Waals surface area contributed by atoms with E-state index in [0.29, 0.717) is 5.46 Å². The van der Waals surface area contributed by atoms with Crippen LogP contribution < -0.4 is 5.46 Å². The Balaban J connectivity index is 0.000000575. The molecule has 0 saturated heterocycles. The third-order valence-electron chi connectivity index (χ3n) is 15.5. The van der Waals surface area contributed by atoms with Gasteiger partial charge in [0.15, 0.2) is 0 Å². The lowest BCUT2D eigenvalue weighted by Gasteiger charge is -2.37. The fourth-order valence-electron chi connectivity index (χ4n) is 11.8. The molecule has 0 heterocycles. The van der Waals surface area contributed by atoms with Crippen LogP contribution in [0.3, 0.4) is 0 Å². The van der Waals surface area contributed by atoms with Crippen LogP contribution in [0.5, 0.6) is 0 Å². The van der Waals surface area contributed by atoms with E-state index < -0.39 is 7.12 Å². The standard InChI is InChI=1S/C65H47Br.C6H7BO2/c1-65(2)61-40-49(33-36-53(61)54-38-35-50(66)41-62(54)65)48-34-37-59-60(39-48)64(56-22-12-10-20-52(56)47-31-27-45(28-32-47)43-17-7-4-8-18-43)58-24-14-13-23-57(58)63(59)55-21-11-9-19-51(55)46-29-25-44(26-30-46)42-15-5-3-6-16-42;8-7(9)6-4-2-1-3-5-6/h3-41,63-64H,1-2H3;1-5,8-9H. The molecule has 0 saturated carbocycles. The van der Waals surface area contributed by atoms with Gasteiger partial charge < -0.3 is 10.0 Å². The molecule has 2 unspecified atom stereocenters. The molecule has 0 fully saturated rings. The molecule has 0 bridgehead atoms. The second-order valence-corrected chi connectivity index (χ2v) is 21.2. The van der Waals surface area contributed by atoms with Crippen molar-refractivity contribution in [2.24, 2.45) is 0 Å². The first kappa shape index (κ1) is 47.9. The highest BCUT2D eigenvalue weighted by Gasteiger charge is 2.38. The van der Waals surface area contributed by atoms with E-state index in [4.69, 9.17) is 10.0 Å². The highest BCUT2D eigenvalue weighted by atomic mass is 79.9. The van der Waals surface area contributed by atoms with Gasteiger partial charge in [0.05, 0.1) is 0 Å². The summed E-state index contributed by atoms with van der Waals surface area (Å²) in [6, 6.07) is 97.0. The summed E-state index contributed by atoms with van der Waals surface area (Å²) in [6.07, 6.45) is 0. The Bertz CT molecular complexity index is 3830. The molecule has 0 aliphatic heterocycles. The summed E-state index contributed by atoms with van der Waals surface area (Å²) in [4.78, 5) is 0. The highest BCUT2D eigenvalue weighted by molar-refractivity contribution is 9.10. The zero-order valence-corrected chi connectivity index (χ0v) is 43.5. The van der Waals surface area contributed by atoms with Gasteiger partial charge in [-0.1, -0.05) is 272 Å². The van der Waals surface area contributed by atoms with Crippen molar-refractivity contribution in [2.45, 2.75) is 31.1 Å². The van der Waals surface area contributed by atoms with E-state index in [1.54, 1.807) is 24.3 Å². The molecular weight excluding hydrogens is 975 g/mol. The normalized spacial score (nSPS) is 14.6. The number of fused-ring (bicyclic) bond motifs is 5. The van der Waals surface area contributed by atoms with Crippen molar-refractivity contribution in [3.8, 4) is 66.8 Å². The Morgan fingerprint density at radius 3 is 1.17 bits per heavy atom. The second-order valence-electron chi connectivity index (χ2n) is 20.3. The SMILES string of the molecule is CC1(C)c2cc(Br)ccc2-c2ccc(-c3ccc4c(c3)C(c3ccccc3-c3ccc(-c5ccccc5)cc3)c3ccccc3C4c3ccccc3-c3ccc(-c4ccccc4)cc3)cc21.OB(O)c1ccccc1. The van der Waals surface area contributed by atoms with Crippen LogP contribution in [-0.2, 0) is 5.41 Å². The van der Waals surface area contributed by atoms with Crippen molar-refractivity contribution < 1.29 is 10.0 Å². The van der Waals surface area contributed by atoms with Gasteiger partial charge >= 0.3 is 7.12 Å². The second kappa shape index (κ2) is 20.3. The average Bonchev–Trinajstić information content (AvgIpc) is 3.75. The van der Waals surface area contributed by atoms with Crippen LogP contribution in [-0.4, -0.2) is 17.2 Å².